The van der Waals surface area contributed by atoms with Crippen molar-refractivity contribution < 1.29 is 10.2 Å². The maximum Gasteiger partial charge on any atom is 0.135 e. The molecule has 1 aromatic rings. The molecule has 4 nitrogen and oxygen atoms in total. The van der Waals surface area contributed by atoms with Crippen LogP contribution in [0, 0.1) is 0 Å². The maximum absolute atomic E-state index is 9.34. The number of rotatable bonds is 4. The van der Waals surface area contributed by atoms with Gasteiger partial charge in [-0.1, -0.05) is 0 Å². The first-order valence-corrected chi connectivity index (χ1v) is 3.63. The number of nitrogens with one attached hydrogen (secondary N) is 1. The van der Waals surface area contributed by atoms with E-state index in [9.17, 15) is 5.11 Å². The van der Waals surface area contributed by atoms with Gasteiger partial charge in [-0.2, -0.15) is 0 Å². The third-order valence-electron chi connectivity index (χ3n) is 1.47. The molecule has 0 fully saturated rings. The molecule has 1 aromatic heterocycles. The molecule has 1 atom stereocenters. The molecule has 1 unspecified atom stereocenters. The van der Waals surface area contributed by atoms with E-state index in [0.29, 0.717) is 18.7 Å². The Labute approximate surface area is 64.9 Å². The van der Waals surface area contributed by atoms with Crippen molar-refractivity contribution in [3.05, 3.63) is 18.2 Å². The standard InChI is InChI=1S/C7H12N2O2/c10-5-1-2-6(11)7-8-3-4-9-7/h3-4,6,10-11H,1-2,5H2,(H,8,9). The molecule has 1 rings (SSSR count). The molecular weight excluding hydrogens is 144 g/mol. The predicted octanol–water partition coefficient (Wildman–Crippen LogP) is 0.216. The lowest BCUT2D eigenvalue weighted by molar-refractivity contribution is 0.144. The summed E-state index contributed by atoms with van der Waals surface area (Å²) in [7, 11) is 0. The minimum atomic E-state index is -0.572. The number of nitrogens with zero attached hydrogens (tertiary/aromatic N) is 1. The molecule has 11 heavy (non-hydrogen) atoms. The fourth-order valence-corrected chi connectivity index (χ4v) is 0.881. The Kier molecular flexibility index (Phi) is 3.07. The number of H-pyrrole nitrogens is 1. The highest BCUT2D eigenvalue weighted by molar-refractivity contribution is 4.91. The second-order valence-corrected chi connectivity index (χ2v) is 2.36. The molecule has 0 saturated heterocycles. The average Bonchev–Trinajstić information content (AvgIpc) is 2.52. The van der Waals surface area contributed by atoms with E-state index in [-0.39, 0.29) is 6.61 Å². The van der Waals surface area contributed by atoms with Crippen LogP contribution in [-0.4, -0.2) is 26.8 Å². The van der Waals surface area contributed by atoms with Crippen molar-refractivity contribution >= 4 is 0 Å². The molecule has 4 heteroatoms. The van der Waals surface area contributed by atoms with E-state index in [4.69, 9.17) is 5.11 Å². The molecular formula is C7H12N2O2. The van der Waals surface area contributed by atoms with Crippen molar-refractivity contribution in [3.8, 4) is 0 Å². The second kappa shape index (κ2) is 4.10. The van der Waals surface area contributed by atoms with E-state index in [1.807, 2.05) is 0 Å². The molecule has 0 aliphatic carbocycles. The summed E-state index contributed by atoms with van der Waals surface area (Å²) >= 11 is 0. The zero-order valence-corrected chi connectivity index (χ0v) is 6.20. The van der Waals surface area contributed by atoms with Crippen LogP contribution in [0.2, 0.25) is 0 Å². The highest BCUT2D eigenvalue weighted by Gasteiger charge is 2.07. The van der Waals surface area contributed by atoms with E-state index in [0.717, 1.165) is 0 Å². The number of hydrogen-bond donors (Lipinski definition) is 3. The highest BCUT2D eigenvalue weighted by Crippen LogP contribution is 2.12. The Hall–Kier alpha value is -0.870. The fraction of sp³-hybridized carbons (Fsp3) is 0.571. The lowest BCUT2D eigenvalue weighted by Gasteiger charge is -2.04. The van der Waals surface area contributed by atoms with Crippen LogP contribution < -0.4 is 0 Å². The summed E-state index contributed by atoms with van der Waals surface area (Å²) in [6.45, 7) is 0.109. The van der Waals surface area contributed by atoms with Crippen molar-refractivity contribution in [2.24, 2.45) is 0 Å². The Morgan fingerprint density at radius 2 is 2.45 bits per heavy atom. The zero-order chi connectivity index (χ0) is 8.10. The summed E-state index contributed by atoms with van der Waals surface area (Å²) in [4.78, 5) is 6.68. The molecule has 0 amide bonds. The third-order valence-corrected chi connectivity index (χ3v) is 1.47. The number of aromatic nitrogens is 2. The molecule has 0 spiro atoms. The minimum absolute atomic E-state index is 0.109. The van der Waals surface area contributed by atoms with Gasteiger partial charge in [0.2, 0.25) is 0 Å². The number of aromatic amines is 1. The molecule has 62 valence electrons. The SMILES string of the molecule is OCCCC(O)c1ncc[nH]1. The van der Waals surface area contributed by atoms with E-state index in [2.05, 4.69) is 9.97 Å². The van der Waals surface area contributed by atoms with Crippen molar-refractivity contribution in [3.63, 3.8) is 0 Å². The van der Waals surface area contributed by atoms with Gasteiger partial charge in [-0.05, 0) is 12.8 Å². The van der Waals surface area contributed by atoms with E-state index < -0.39 is 6.10 Å². The van der Waals surface area contributed by atoms with Gasteiger partial charge in [0.15, 0.2) is 0 Å². The number of imidazole rings is 1. The van der Waals surface area contributed by atoms with E-state index in [1.165, 1.54) is 0 Å². The predicted molar refractivity (Wildman–Crippen MR) is 39.9 cm³/mol. The summed E-state index contributed by atoms with van der Waals surface area (Å²) < 4.78 is 0. The van der Waals surface area contributed by atoms with Crippen LogP contribution in [0.1, 0.15) is 24.8 Å². The monoisotopic (exact) mass is 156 g/mol. The van der Waals surface area contributed by atoms with Crippen LogP contribution in [0.4, 0.5) is 0 Å². The van der Waals surface area contributed by atoms with Crippen molar-refractivity contribution in [1.29, 1.82) is 0 Å². The molecule has 0 radical (unpaired) electrons. The molecule has 0 saturated carbocycles. The highest BCUT2D eigenvalue weighted by atomic mass is 16.3. The summed E-state index contributed by atoms with van der Waals surface area (Å²) in [5.41, 5.74) is 0. The zero-order valence-electron chi connectivity index (χ0n) is 6.20. The van der Waals surface area contributed by atoms with Gasteiger partial charge in [0.25, 0.3) is 0 Å². The smallest absolute Gasteiger partial charge is 0.135 e. The number of aliphatic hydroxyl groups excluding tert-OH is 2. The second-order valence-electron chi connectivity index (χ2n) is 2.36. The minimum Gasteiger partial charge on any atom is -0.396 e. The Bertz CT molecular complexity index is 186. The third kappa shape index (κ3) is 2.32. The normalized spacial score (nSPS) is 13.3. The summed E-state index contributed by atoms with van der Waals surface area (Å²) in [6, 6.07) is 0. The lowest BCUT2D eigenvalue weighted by Crippen LogP contribution is -2.00. The molecule has 0 aliphatic rings. The van der Waals surface area contributed by atoms with Gasteiger partial charge in [-0.15, -0.1) is 0 Å². The quantitative estimate of drug-likeness (QED) is 0.584. The van der Waals surface area contributed by atoms with E-state index in [1.54, 1.807) is 12.4 Å². The van der Waals surface area contributed by atoms with Gasteiger partial charge in [0.1, 0.15) is 11.9 Å². The van der Waals surface area contributed by atoms with Crippen LogP contribution >= 0.6 is 0 Å². The van der Waals surface area contributed by atoms with Crippen LogP contribution in [0.5, 0.6) is 0 Å². The van der Waals surface area contributed by atoms with Crippen LogP contribution in [-0.2, 0) is 0 Å². The first-order chi connectivity index (χ1) is 5.34. The molecule has 0 aromatic carbocycles. The summed E-state index contributed by atoms with van der Waals surface area (Å²) in [6.07, 6.45) is 3.83. The topological polar surface area (TPSA) is 69.1 Å². The molecule has 0 aliphatic heterocycles. The lowest BCUT2D eigenvalue weighted by atomic mass is 10.2. The van der Waals surface area contributed by atoms with Gasteiger partial charge in [-0.3, -0.25) is 0 Å². The maximum atomic E-state index is 9.34. The first kappa shape index (κ1) is 8.23. The van der Waals surface area contributed by atoms with Gasteiger partial charge in [0, 0.05) is 19.0 Å². The van der Waals surface area contributed by atoms with Crippen molar-refractivity contribution in [2.45, 2.75) is 18.9 Å². The molecule has 3 N–H and O–H groups in total. The Balaban J connectivity index is 2.36. The van der Waals surface area contributed by atoms with Gasteiger partial charge < -0.3 is 15.2 Å². The molecule has 0 bridgehead atoms. The fourth-order valence-electron chi connectivity index (χ4n) is 0.881. The number of hydrogen-bond acceptors (Lipinski definition) is 3. The number of aliphatic hydroxyl groups is 2. The Morgan fingerprint density at radius 3 is 3.00 bits per heavy atom. The van der Waals surface area contributed by atoms with Gasteiger partial charge in [-0.25, -0.2) is 4.98 Å². The summed E-state index contributed by atoms with van der Waals surface area (Å²) in [5, 5.41) is 17.8. The van der Waals surface area contributed by atoms with E-state index >= 15 is 0 Å². The van der Waals surface area contributed by atoms with Crippen LogP contribution in [0.3, 0.4) is 0 Å². The van der Waals surface area contributed by atoms with Gasteiger partial charge >= 0.3 is 0 Å². The van der Waals surface area contributed by atoms with Crippen LogP contribution in [0.15, 0.2) is 12.4 Å². The first-order valence-electron chi connectivity index (χ1n) is 3.63. The average molecular weight is 156 g/mol. The van der Waals surface area contributed by atoms with Crippen molar-refractivity contribution in [2.75, 3.05) is 6.61 Å². The molecule has 1 heterocycles. The largest absolute Gasteiger partial charge is 0.396 e. The Morgan fingerprint density at radius 1 is 1.64 bits per heavy atom. The van der Waals surface area contributed by atoms with Gasteiger partial charge in [0.05, 0.1) is 0 Å². The van der Waals surface area contributed by atoms with Crippen molar-refractivity contribution in [1.82, 2.24) is 9.97 Å². The summed E-state index contributed by atoms with van der Waals surface area (Å²) in [5.74, 6) is 0.568. The van der Waals surface area contributed by atoms with Crippen LogP contribution in [0.25, 0.3) is 0 Å².